The fourth-order valence-corrected chi connectivity index (χ4v) is 3.00. The Kier molecular flexibility index (Phi) is 4.16. The number of halogens is 1. The average molecular weight is 360 g/mol. The van der Waals surface area contributed by atoms with Gasteiger partial charge in [-0.1, -0.05) is 12.1 Å². The lowest BCUT2D eigenvalue weighted by Crippen LogP contribution is -2.14. The Hall–Kier alpha value is -3.54. The van der Waals surface area contributed by atoms with E-state index in [0.29, 0.717) is 22.6 Å². The Morgan fingerprint density at radius 1 is 1.11 bits per heavy atom. The lowest BCUT2D eigenvalue weighted by atomic mass is 10.1. The van der Waals surface area contributed by atoms with Gasteiger partial charge in [0.25, 0.3) is 5.91 Å². The van der Waals surface area contributed by atoms with Crippen molar-refractivity contribution in [3.63, 3.8) is 0 Å². The number of imidazole rings is 1. The van der Waals surface area contributed by atoms with Crippen LogP contribution in [0.2, 0.25) is 0 Å². The van der Waals surface area contributed by atoms with Crippen LogP contribution in [0.3, 0.4) is 0 Å². The molecule has 6 heteroatoms. The topological polar surface area (TPSA) is 59.8 Å². The summed E-state index contributed by atoms with van der Waals surface area (Å²) in [7, 11) is 0. The van der Waals surface area contributed by atoms with Crippen LogP contribution in [0.15, 0.2) is 61.2 Å². The molecule has 134 valence electrons. The maximum atomic E-state index is 14.4. The monoisotopic (exact) mass is 360 g/mol. The molecule has 1 amide bonds. The van der Waals surface area contributed by atoms with Gasteiger partial charge < -0.3 is 9.88 Å². The first-order valence-electron chi connectivity index (χ1n) is 8.48. The van der Waals surface area contributed by atoms with Crippen molar-refractivity contribution in [2.24, 2.45) is 0 Å². The number of benzene rings is 2. The van der Waals surface area contributed by atoms with Crippen LogP contribution in [0.1, 0.15) is 21.6 Å². The molecule has 0 bridgehead atoms. The smallest absolute Gasteiger partial charge is 0.257 e. The summed E-state index contributed by atoms with van der Waals surface area (Å²) < 4.78 is 15.9. The largest absolute Gasteiger partial charge is 0.322 e. The van der Waals surface area contributed by atoms with Gasteiger partial charge in [-0.15, -0.1) is 0 Å². The van der Waals surface area contributed by atoms with E-state index < -0.39 is 5.82 Å². The molecule has 2 aromatic carbocycles. The predicted molar refractivity (Wildman–Crippen MR) is 103 cm³/mol. The summed E-state index contributed by atoms with van der Waals surface area (Å²) in [5.74, 6) is -0.771. The molecule has 0 aliphatic heterocycles. The summed E-state index contributed by atoms with van der Waals surface area (Å²) in [4.78, 5) is 21.1. The summed E-state index contributed by atoms with van der Waals surface area (Å²) >= 11 is 0. The van der Waals surface area contributed by atoms with E-state index in [4.69, 9.17) is 0 Å². The number of anilines is 1. The van der Waals surface area contributed by atoms with Crippen LogP contribution in [-0.4, -0.2) is 20.4 Å². The molecule has 4 aromatic rings. The second-order valence-electron chi connectivity index (χ2n) is 6.41. The average Bonchev–Trinajstić information content (AvgIpc) is 3.15. The quantitative estimate of drug-likeness (QED) is 0.588. The highest BCUT2D eigenvalue weighted by Gasteiger charge is 2.13. The molecule has 1 N–H and O–H groups in total. The molecule has 0 aliphatic carbocycles. The van der Waals surface area contributed by atoms with Crippen LogP contribution in [0, 0.1) is 19.7 Å². The number of fused-ring (bicyclic) bond motifs is 1. The Labute approximate surface area is 155 Å². The summed E-state index contributed by atoms with van der Waals surface area (Å²) in [6.45, 7) is 3.79. The third-order valence-electron chi connectivity index (χ3n) is 4.40. The van der Waals surface area contributed by atoms with Gasteiger partial charge >= 0.3 is 0 Å². The molecule has 0 aliphatic rings. The van der Waals surface area contributed by atoms with Crippen molar-refractivity contribution in [3.8, 4) is 5.69 Å². The molecule has 4 rings (SSSR count). The number of carbonyl (C=O) groups excluding carboxylic acids is 1. The molecule has 2 aromatic heterocycles. The molecule has 27 heavy (non-hydrogen) atoms. The summed E-state index contributed by atoms with van der Waals surface area (Å²) in [6.07, 6.45) is 4.75. The number of aromatic nitrogens is 3. The van der Waals surface area contributed by atoms with Crippen LogP contribution in [0.5, 0.6) is 0 Å². The fourth-order valence-electron chi connectivity index (χ4n) is 3.00. The van der Waals surface area contributed by atoms with Gasteiger partial charge in [-0.25, -0.2) is 9.37 Å². The first-order chi connectivity index (χ1) is 13.0. The van der Waals surface area contributed by atoms with E-state index in [-0.39, 0.29) is 5.91 Å². The predicted octanol–water partition coefficient (Wildman–Crippen LogP) is 4.43. The zero-order valence-electron chi connectivity index (χ0n) is 14.9. The standard InChI is InChI=1S/C21H17FN4O/c1-13-3-4-15-10-17(14(2)24-19(15)9-13)21(27)25-16-5-6-20(18(22)11-16)26-8-7-23-12-26/h3-12H,1-2H3,(H,25,27). The third kappa shape index (κ3) is 3.29. The number of nitrogens with one attached hydrogen (secondary N) is 1. The molecule has 0 saturated carbocycles. The SMILES string of the molecule is Cc1ccc2cc(C(=O)Nc3ccc(-n4ccnc4)c(F)c3)c(C)nc2c1. The Morgan fingerprint density at radius 3 is 2.70 bits per heavy atom. The summed E-state index contributed by atoms with van der Waals surface area (Å²) in [5.41, 5.74) is 3.79. The maximum Gasteiger partial charge on any atom is 0.257 e. The second kappa shape index (κ2) is 6.64. The van der Waals surface area contributed by atoms with Crippen LogP contribution in [0.4, 0.5) is 10.1 Å². The highest BCUT2D eigenvalue weighted by molar-refractivity contribution is 6.06. The van der Waals surface area contributed by atoms with Crippen molar-refractivity contribution < 1.29 is 9.18 Å². The number of aryl methyl sites for hydroxylation is 2. The van der Waals surface area contributed by atoms with Gasteiger partial charge in [0.05, 0.1) is 28.8 Å². The van der Waals surface area contributed by atoms with Crippen molar-refractivity contribution in [2.75, 3.05) is 5.32 Å². The number of carbonyl (C=O) groups is 1. The summed E-state index contributed by atoms with van der Waals surface area (Å²) in [5, 5.41) is 3.63. The van der Waals surface area contributed by atoms with Gasteiger partial charge in [-0.2, -0.15) is 0 Å². The Morgan fingerprint density at radius 2 is 1.96 bits per heavy atom. The van der Waals surface area contributed by atoms with Gasteiger partial charge in [0, 0.05) is 23.5 Å². The summed E-state index contributed by atoms with van der Waals surface area (Å²) in [6, 6.07) is 12.3. The van der Waals surface area contributed by atoms with Crippen molar-refractivity contribution in [3.05, 3.63) is 83.8 Å². The van der Waals surface area contributed by atoms with E-state index in [9.17, 15) is 9.18 Å². The molecule has 2 heterocycles. The normalized spacial score (nSPS) is 10.9. The lowest BCUT2D eigenvalue weighted by molar-refractivity contribution is 0.102. The number of rotatable bonds is 3. The zero-order valence-corrected chi connectivity index (χ0v) is 14.9. The maximum absolute atomic E-state index is 14.4. The number of nitrogens with zero attached hydrogens (tertiary/aromatic N) is 3. The molecule has 0 radical (unpaired) electrons. The molecule has 0 fully saturated rings. The molecule has 0 spiro atoms. The number of pyridine rings is 1. The Bertz CT molecular complexity index is 1150. The highest BCUT2D eigenvalue weighted by Crippen LogP contribution is 2.21. The number of amides is 1. The van der Waals surface area contributed by atoms with E-state index in [2.05, 4.69) is 15.3 Å². The minimum atomic E-state index is -0.449. The van der Waals surface area contributed by atoms with Crippen molar-refractivity contribution in [2.45, 2.75) is 13.8 Å². The van der Waals surface area contributed by atoms with Gasteiger partial charge in [0.1, 0.15) is 5.82 Å². The van der Waals surface area contributed by atoms with Crippen LogP contribution in [-0.2, 0) is 0 Å². The van der Waals surface area contributed by atoms with Crippen molar-refractivity contribution >= 4 is 22.5 Å². The van der Waals surface area contributed by atoms with E-state index in [0.717, 1.165) is 16.5 Å². The van der Waals surface area contributed by atoms with E-state index in [1.165, 1.54) is 12.4 Å². The fraction of sp³-hybridized carbons (Fsp3) is 0.0952. The number of hydrogen-bond acceptors (Lipinski definition) is 3. The second-order valence-corrected chi connectivity index (χ2v) is 6.41. The molecule has 0 saturated heterocycles. The zero-order chi connectivity index (χ0) is 19.0. The first kappa shape index (κ1) is 16.9. The Balaban J connectivity index is 1.62. The third-order valence-corrected chi connectivity index (χ3v) is 4.40. The highest BCUT2D eigenvalue weighted by atomic mass is 19.1. The van der Waals surface area contributed by atoms with E-state index >= 15 is 0 Å². The van der Waals surface area contributed by atoms with Gasteiger partial charge in [0.2, 0.25) is 0 Å². The van der Waals surface area contributed by atoms with Crippen LogP contribution >= 0.6 is 0 Å². The molecule has 0 unspecified atom stereocenters. The first-order valence-corrected chi connectivity index (χ1v) is 8.48. The minimum Gasteiger partial charge on any atom is -0.322 e. The molecule has 5 nitrogen and oxygen atoms in total. The molecule has 0 atom stereocenters. The van der Waals surface area contributed by atoms with Crippen LogP contribution < -0.4 is 5.32 Å². The minimum absolute atomic E-state index is 0.322. The molecular weight excluding hydrogens is 343 g/mol. The lowest BCUT2D eigenvalue weighted by Gasteiger charge is -2.11. The van der Waals surface area contributed by atoms with Gasteiger partial charge in [-0.3, -0.25) is 9.78 Å². The van der Waals surface area contributed by atoms with Crippen molar-refractivity contribution in [1.29, 1.82) is 0 Å². The van der Waals surface area contributed by atoms with E-state index in [1.54, 1.807) is 36.0 Å². The van der Waals surface area contributed by atoms with E-state index in [1.807, 2.05) is 31.2 Å². The van der Waals surface area contributed by atoms with Gasteiger partial charge in [-0.05, 0) is 49.7 Å². The number of hydrogen-bond donors (Lipinski definition) is 1. The van der Waals surface area contributed by atoms with Gasteiger partial charge in [0.15, 0.2) is 0 Å². The van der Waals surface area contributed by atoms with Crippen molar-refractivity contribution in [1.82, 2.24) is 14.5 Å². The molecular formula is C21H17FN4O. The van der Waals surface area contributed by atoms with Crippen LogP contribution in [0.25, 0.3) is 16.6 Å².